The molecule has 0 bridgehead atoms. The number of rotatable bonds is 4. The van der Waals surface area contributed by atoms with Crippen molar-refractivity contribution in [3.05, 3.63) is 46.3 Å². The van der Waals surface area contributed by atoms with Crippen LogP contribution in [-0.4, -0.2) is 22.8 Å². The number of hydrogen-bond acceptors (Lipinski definition) is 6. The second-order valence-corrected chi connectivity index (χ2v) is 6.55. The molecule has 0 aliphatic heterocycles. The predicted molar refractivity (Wildman–Crippen MR) is 95.7 cm³/mol. The first-order valence-electron chi connectivity index (χ1n) is 7.36. The summed E-state index contributed by atoms with van der Waals surface area (Å²) >= 11 is 1.63. The first-order valence-corrected chi connectivity index (χ1v) is 8.17. The molecule has 0 saturated heterocycles. The molecule has 3 aromatic rings. The molecule has 0 unspecified atom stereocenters. The summed E-state index contributed by atoms with van der Waals surface area (Å²) in [5, 5.41) is 5.31. The number of hydrogen-bond donors (Lipinski definition) is 1. The zero-order valence-electron chi connectivity index (χ0n) is 13.8. The lowest BCUT2D eigenvalue weighted by Gasteiger charge is -2.06. The van der Waals surface area contributed by atoms with E-state index in [1.165, 1.54) is 24.4 Å². The van der Waals surface area contributed by atoms with Crippen molar-refractivity contribution in [3.63, 3.8) is 0 Å². The monoisotopic (exact) mass is 344 g/mol. The molecular formula is C17H17FN4OS. The van der Waals surface area contributed by atoms with Crippen LogP contribution in [0.15, 0.2) is 29.6 Å². The lowest BCUT2D eigenvalue weighted by atomic mass is 10.1. The quantitative estimate of drug-likeness (QED) is 0.566. The number of ether oxygens (including phenoxy) is 1. The Kier molecular flexibility index (Phi) is 4.44. The minimum Gasteiger partial charge on any atom is -0.494 e. The molecule has 0 amide bonds. The van der Waals surface area contributed by atoms with Gasteiger partial charge in [-0.05, 0) is 44.5 Å². The lowest BCUT2D eigenvalue weighted by Crippen LogP contribution is -2.02. The highest BCUT2D eigenvalue weighted by Crippen LogP contribution is 2.32. The summed E-state index contributed by atoms with van der Waals surface area (Å²) in [6, 6.07) is 4.74. The largest absolute Gasteiger partial charge is 0.494 e. The van der Waals surface area contributed by atoms with E-state index >= 15 is 0 Å². The Balaban J connectivity index is 1.92. The van der Waals surface area contributed by atoms with Gasteiger partial charge in [-0.1, -0.05) is 0 Å². The fraction of sp³-hybridized carbons (Fsp3) is 0.235. The molecule has 2 aromatic heterocycles. The van der Waals surface area contributed by atoms with Gasteiger partial charge in [0.15, 0.2) is 17.4 Å². The zero-order chi connectivity index (χ0) is 17.3. The number of aromatic nitrogens is 2. The van der Waals surface area contributed by atoms with Gasteiger partial charge in [0.2, 0.25) is 0 Å². The number of halogens is 1. The van der Waals surface area contributed by atoms with Gasteiger partial charge in [0.1, 0.15) is 11.2 Å². The minimum atomic E-state index is -0.418. The highest BCUT2D eigenvalue weighted by Gasteiger charge is 2.12. The van der Waals surface area contributed by atoms with E-state index in [0.29, 0.717) is 17.1 Å². The third-order valence-electron chi connectivity index (χ3n) is 3.86. The number of benzene rings is 1. The van der Waals surface area contributed by atoms with Gasteiger partial charge < -0.3 is 4.74 Å². The van der Waals surface area contributed by atoms with Crippen molar-refractivity contribution in [3.8, 4) is 5.75 Å². The van der Waals surface area contributed by atoms with Crippen LogP contribution in [-0.2, 0) is 0 Å². The molecule has 0 saturated carbocycles. The van der Waals surface area contributed by atoms with Gasteiger partial charge in [0, 0.05) is 10.4 Å². The smallest absolute Gasteiger partial charge is 0.165 e. The highest BCUT2D eigenvalue weighted by atomic mass is 32.1. The number of hydrazone groups is 1. The van der Waals surface area contributed by atoms with Crippen molar-refractivity contribution in [2.45, 2.75) is 20.8 Å². The molecule has 0 radical (unpaired) electrons. The van der Waals surface area contributed by atoms with E-state index in [2.05, 4.69) is 27.4 Å². The Labute approximate surface area is 143 Å². The average molecular weight is 344 g/mol. The lowest BCUT2D eigenvalue weighted by molar-refractivity contribution is 0.386. The Hall–Kier alpha value is -2.54. The van der Waals surface area contributed by atoms with Gasteiger partial charge in [-0.15, -0.1) is 11.3 Å². The maximum absolute atomic E-state index is 13.8. The van der Waals surface area contributed by atoms with Gasteiger partial charge in [-0.25, -0.2) is 14.4 Å². The number of anilines is 1. The van der Waals surface area contributed by atoms with Gasteiger partial charge in [-0.2, -0.15) is 5.10 Å². The summed E-state index contributed by atoms with van der Waals surface area (Å²) in [4.78, 5) is 10.7. The summed E-state index contributed by atoms with van der Waals surface area (Å²) in [6.07, 6.45) is 1.51. The van der Waals surface area contributed by atoms with Crippen LogP contribution in [0.5, 0.6) is 5.75 Å². The first-order chi connectivity index (χ1) is 11.5. The van der Waals surface area contributed by atoms with Crippen molar-refractivity contribution < 1.29 is 9.13 Å². The Morgan fingerprint density at radius 2 is 2.08 bits per heavy atom. The summed E-state index contributed by atoms with van der Waals surface area (Å²) in [6.45, 7) is 5.90. The summed E-state index contributed by atoms with van der Waals surface area (Å²) in [5.41, 5.74) is 5.44. The van der Waals surface area contributed by atoms with E-state index in [-0.39, 0.29) is 5.75 Å². The van der Waals surface area contributed by atoms with E-state index in [9.17, 15) is 4.39 Å². The first kappa shape index (κ1) is 16.3. The second kappa shape index (κ2) is 6.52. The van der Waals surface area contributed by atoms with Gasteiger partial charge >= 0.3 is 0 Å². The number of nitrogens with zero attached hydrogens (tertiary/aromatic N) is 3. The van der Waals surface area contributed by atoms with Crippen molar-refractivity contribution >= 4 is 33.1 Å². The normalized spacial score (nSPS) is 11.8. The van der Waals surface area contributed by atoms with Crippen LogP contribution in [0.1, 0.15) is 22.9 Å². The molecule has 124 valence electrons. The summed E-state index contributed by atoms with van der Waals surface area (Å²) in [5.74, 6) is 0.440. The van der Waals surface area contributed by atoms with Crippen LogP contribution in [0.3, 0.4) is 0 Å². The maximum atomic E-state index is 13.8. The van der Waals surface area contributed by atoms with Gasteiger partial charge in [0.25, 0.3) is 0 Å². The number of methoxy groups -OCH3 is 1. The van der Waals surface area contributed by atoms with E-state index in [1.807, 2.05) is 6.92 Å². The van der Waals surface area contributed by atoms with Crippen LogP contribution >= 0.6 is 11.3 Å². The topological polar surface area (TPSA) is 59.4 Å². The molecule has 24 heavy (non-hydrogen) atoms. The number of aryl methyl sites for hydroxylation is 2. The van der Waals surface area contributed by atoms with E-state index < -0.39 is 5.82 Å². The van der Waals surface area contributed by atoms with Crippen molar-refractivity contribution in [2.24, 2.45) is 5.10 Å². The van der Waals surface area contributed by atoms with Gasteiger partial charge in [0.05, 0.1) is 18.2 Å². The van der Waals surface area contributed by atoms with E-state index in [4.69, 9.17) is 4.74 Å². The zero-order valence-corrected chi connectivity index (χ0v) is 14.7. The fourth-order valence-corrected chi connectivity index (χ4v) is 3.36. The maximum Gasteiger partial charge on any atom is 0.165 e. The standard InChI is InChI=1S/C17H17FN4OS/c1-9-11(3)24-17-15(9)16(19-8-20-17)22-21-10(2)12-5-6-14(23-4)13(18)7-12/h5-8H,1-4H3,(H,19,20,22)/b21-10-. The van der Waals surface area contributed by atoms with Crippen LogP contribution in [0.2, 0.25) is 0 Å². The Morgan fingerprint density at radius 1 is 1.29 bits per heavy atom. The molecule has 1 aromatic carbocycles. The molecule has 0 atom stereocenters. The summed E-state index contributed by atoms with van der Waals surface area (Å²) < 4.78 is 18.7. The second-order valence-electron chi connectivity index (χ2n) is 5.34. The molecule has 0 aliphatic rings. The molecule has 0 aliphatic carbocycles. The Bertz CT molecular complexity index is 936. The van der Waals surface area contributed by atoms with Crippen LogP contribution in [0, 0.1) is 19.7 Å². The molecule has 7 heteroatoms. The fourth-order valence-electron chi connectivity index (χ4n) is 2.36. The SMILES string of the molecule is COc1ccc(/C(C)=N\Nc2ncnc3sc(C)c(C)c23)cc1F. The molecule has 2 heterocycles. The van der Waals surface area contributed by atoms with Crippen molar-refractivity contribution in [1.82, 2.24) is 9.97 Å². The predicted octanol–water partition coefficient (Wildman–Crippen LogP) is 4.29. The number of thiophene rings is 1. The van der Waals surface area contributed by atoms with Crippen molar-refractivity contribution in [2.75, 3.05) is 12.5 Å². The minimum absolute atomic E-state index is 0.210. The van der Waals surface area contributed by atoms with Crippen LogP contribution < -0.4 is 10.2 Å². The molecule has 0 fully saturated rings. The molecule has 0 spiro atoms. The number of fused-ring (bicyclic) bond motifs is 1. The summed E-state index contributed by atoms with van der Waals surface area (Å²) in [7, 11) is 1.44. The highest BCUT2D eigenvalue weighted by molar-refractivity contribution is 7.18. The number of nitrogens with one attached hydrogen (secondary N) is 1. The van der Waals surface area contributed by atoms with Gasteiger partial charge in [-0.3, -0.25) is 5.43 Å². The van der Waals surface area contributed by atoms with Crippen molar-refractivity contribution in [1.29, 1.82) is 0 Å². The van der Waals surface area contributed by atoms with E-state index in [1.54, 1.807) is 30.4 Å². The third kappa shape index (κ3) is 2.94. The van der Waals surface area contributed by atoms with Crippen LogP contribution in [0.4, 0.5) is 10.2 Å². The molecular weight excluding hydrogens is 327 g/mol. The average Bonchev–Trinajstić information content (AvgIpc) is 2.87. The molecule has 3 rings (SSSR count). The third-order valence-corrected chi connectivity index (χ3v) is 4.98. The Morgan fingerprint density at radius 3 is 2.79 bits per heavy atom. The van der Waals surface area contributed by atoms with Crippen LogP contribution in [0.25, 0.3) is 10.2 Å². The molecule has 1 N–H and O–H groups in total. The molecule has 5 nitrogen and oxygen atoms in total. The van der Waals surface area contributed by atoms with E-state index in [0.717, 1.165) is 15.8 Å².